The van der Waals surface area contributed by atoms with E-state index in [9.17, 15) is 14.4 Å². The zero-order chi connectivity index (χ0) is 76.8. The van der Waals surface area contributed by atoms with E-state index in [1.165, 1.54) is 31.4 Å². The Morgan fingerprint density at radius 2 is 0.881 bits per heavy atom. The van der Waals surface area contributed by atoms with E-state index >= 15 is 0 Å². The van der Waals surface area contributed by atoms with Gasteiger partial charge in [-0.15, -0.1) is 0 Å². The van der Waals surface area contributed by atoms with Crippen molar-refractivity contribution in [3.05, 3.63) is 236 Å². The number of anilines is 12. The second kappa shape index (κ2) is 34.6. The van der Waals surface area contributed by atoms with E-state index in [0.717, 1.165) is 78.0 Å². The third-order valence-electron chi connectivity index (χ3n) is 17.4. The average Bonchev–Trinajstić information content (AvgIpc) is 1.64. The minimum Gasteiger partial charge on any atom is -0.495 e. The van der Waals surface area contributed by atoms with Crippen LogP contribution in [0, 0.1) is 27.7 Å². The van der Waals surface area contributed by atoms with Crippen LogP contribution in [0.5, 0.6) is 17.2 Å². The van der Waals surface area contributed by atoms with Crippen molar-refractivity contribution in [2.24, 2.45) is 0 Å². The van der Waals surface area contributed by atoms with E-state index in [1.54, 1.807) is 84.9 Å². The maximum absolute atomic E-state index is 11.9. The number of H-pyrrole nitrogens is 2. The number of methoxy groups -OCH3 is 3. The number of nitrogens with zero attached hydrogens (tertiary/aromatic N) is 9. The van der Waals surface area contributed by atoms with Crippen molar-refractivity contribution in [2.75, 3.05) is 73.9 Å². The molecule has 26 nitrogen and oxygen atoms in total. The number of amides is 2. The number of para-hydroxylation sites is 1. The second-order valence-electron chi connectivity index (χ2n) is 25.0. The van der Waals surface area contributed by atoms with Gasteiger partial charge in [-0.25, -0.2) is 19.7 Å². The van der Waals surface area contributed by atoms with Gasteiger partial charge in [-0.05, 0) is 182 Å². The first-order chi connectivity index (χ1) is 52.8. The number of carbonyl (C=O) groups excluding carboxylic acids is 3. The van der Waals surface area contributed by atoms with Gasteiger partial charge in [0.25, 0.3) is 11.8 Å². The number of aromatic amines is 2. The average molecular weight is 1520 g/mol. The molecule has 6 heterocycles. The highest BCUT2D eigenvalue weighted by atomic mass is 35.5. The summed E-state index contributed by atoms with van der Waals surface area (Å²) in [6.45, 7) is 10.0. The highest BCUT2D eigenvalue weighted by molar-refractivity contribution is 6.33. The van der Waals surface area contributed by atoms with Crippen molar-refractivity contribution in [3.8, 4) is 50.6 Å². The number of benzene rings is 7. The fraction of sp³-hybridized carbons (Fsp3) is 0.175. The van der Waals surface area contributed by atoms with Crippen molar-refractivity contribution >= 4 is 133 Å². The van der Waals surface area contributed by atoms with Gasteiger partial charge in [0.15, 0.2) is 29.1 Å². The minimum atomic E-state index is -0.341. The van der Waals surface area contributed by atoms with Gasteiger partial charge in [-0.1, -0.05) is 89.4 Å². The predicted octanol–water partition coefficient (Wildman–Crippen LogP) is 17.9. The van der Waals surface area contributed by atoms with Gasteiger partial charge in [0.2, 0.25) is 17.8 Å². The third-order valence-corrected chi connectivity index (χ3v) is 18.2. The molecule has 1 saturated carbocycles. The molecular weight excluding hydrogens is 1450 g/mol. The first kappa shape index (κ1) is 75.8. The van der Waals surface area contributed by atoms with Gasteiger partial charge in [0.05, 0.1) is 86.6 Å². The van der Waals surface area contributed by atoms with Gasteiger partial charge in [0.1, 0.15) is 32.3 Å². The molecule has 0 unspecified atom stereocenters. The van der Waals surface area contributed by atoms with Crippen molar-refractivity contribution in [2.45, 2.75) is 53.4 Å². The summed E-state index contributed by atoms with van der Waals surface area (Å²) in [6.07, 6.45) is 8.69. The van der Waals surface area contributed by atoms with Crippen LogP contribution in [0.15, 0.2) is 176 Å². The molecule has 29 heteroatoms. The first-order valence-electron chi connectivity index (χ1n) is 34.4. The number of pyridine rings is 1. The van der Waals surface area contributed by atoms with Crippen LogP contribution in [0.4, 0.5) is 69.7 Å². The zero-order valence-corrected chi connectivity index (χ0v) is 63.2. The van der Waals surface area contributed by atoms with Crippen LogP contribution in [-0.4, -0.2) is 115 Å². The third kappa shape index (κ3) is 18.7. The summed E-state index contributed by atoms with van der Waals surface area (Å²) in [5.74, 6) is 5.46. The van der Waals surface area contributed by atoms with Crippen molar-refractivity contribution in [1.82, 2.24) is 65.9 Å². The molecule has 0 saturated heterocycles. The van der Waals surface area contributed by atoms with Crippen LogP contribution >= 0.6 is 34.8 Å². The van der Waals surface area contributed by atoms with Crippen LogP contribution in [-0.2, 0) is 4.74 Å². The minimum absolute atomic E-state index is 0.122. The Kier molecular flexibility index (Phi) is 24.0. The molecule has 1 aliphatic carbocycles. The molecule has 1 aliphatic rings. The number of rotatable bonds is 23. The van der Waals surface area contributed by atoms with Crippen molar-refractivity contribution in [1.29, 1.82) is 0 Å². The van der Waals surface area contributed by atoms with Gasteiger partial charge in [-0.2, -0.15) is 25.1 Å². The molecule has 554 valence electrons. The number of aryl methyl sites for hydroxylation is 4. The molecule has 0 aliphatic heterocycles. The summed E-state index contributed by atoms with van der Waals surface area (Å²) in [4.78, 5) is 66.7. The molecule has 10 N–H and O–H groups in total. The lowest BCUT2D eigenvalue weighted by Crippen LogP contribution is -2.17. The summed E-state index contributed by atoms with van der Waals surface area (Å²) in [7, 11) is 8.04. The lowest BCUT2D eigenvalue weighted by Gasteiger charge is -2.16. The fourth-order valence-corrected chi connectivity index (χ4v) is 12.0. The smallest absolute Gasteiger partial charge is 0.338 e. The first-order valence-corrected chi connectivity index (χ1v) is 35.5. The lowest BCUT2D eigenvalue weighted by atomic mass is 9.98. The van der Waals surface area contributed by atoms with Gasteiger partial charge in [-0.3, -0.25) is 24.8 Å². The summed E-state index contributed by atoms with van der Waals surface area (Å²) in [5.41, 5.74) is 16.4. The standard InChI is InChI=1S/C29H25ClN6O2.C26H26ClN7O2.C25H25ClN6O3/c1-17-12-25(26(38-3)14-22(17)18-8-10-19(11-9-18)28(37)31-2)35-29-33-16-23(30)27(36-29)34-21-13-20-6-4-5-7-24(20)32-15-21;1-14-10-21(22(36-3)11-18(14)15-4-8-17(9-5-15)25(35)28-2)30-26-29-13-19(27)24(32-26)31-23-12-20(33-34-23)16-6-7-16;1-5-35-24(33)17-8-6-16(7-9-17)18-12-21(34-4)20(10-14(18)2)28-25-27-13-19(26)23(30-25)29-22-11-15(3)31-32-22/h4-16H,1-3H3,(H,31,37)(H2,33,34,35,36);4-5,8-13,16H,6-7H2,1-3H3,(H,28,35)(H3,29,30,31,32,33,34);6-13H,5H2,1-4H3,(H3,27,28,29,30,31,32). The number of carbonyl (C=O) groups is 3. The highest BCUT2D eigenvalue weighted by Crippen LogP contribution is 2.42. The Balaban J connectivity index is 0.000000153. The number of hydrogen-bond donors (Lipinski definition) is 10. The zero-order valence-electron chi connectivity index (χ0n) is 61.0. The lowest BCUT2D eigenvalue weighted by molar-refractivity contribution is 0.0526. The monoisotopic (exact) mass is 1520 g/mol. The Hall–Kier alpha value is -12.9. The molecule has 0 radical (unpaired) electrons. The van der Waals surface area contributed by atoms with Gasteiger partial charge in [0, 0.05) is 60.0 Å². The molecule has 0 spiro atoms. The molecule has 1 fully saturated rings. The van der Waals surface area contributed by atoms with Crippen molar-refractivity contribution in [3.63, 3.8) is 0 Å². The number of halogens is 3. The number of nitrogens with one attached hydrogen (secondary N) is 10. The largest absolute Gasteiger partial charge is 0.495 e. The van der Waals surface area contributed by atoms with Crippen LogP contribution in [0.2, 0.25) is 15.1 Å². The van der Waals surface area contributed by atoms with Crippen LogP contribution in [0.1, 0.15) is 84.8 Å². The normalized spacial score (nSPS) is 11.4. The molecule has 6 aromatic heterocycles. The summed E-state index contributed by atoms with van der Waals surface area (Å²) in [5, 5.41) is 40.9. The number of hydrogen-bond acceptors (Lipinski definition) is 22. The van der Waals surface area contributed by atoms with Crippen LogP contribution in [0.3, 0.4) is 0 Å². The molecule has 0 bridgehead atoms. The van der Waals surface area contributed by atoms with Gasteiger partial charge >= 0.3 is 5.97 Å². The number of fused-ring (bicyclic) bond motifs is 1. The van der Waals surface area contributed by atoms with E-state index in [4.69, 9.17) is 53.8 Å². The van der Waals surface area contributed by atoms with Gasteiger partial charge < -0.3 is 61.5 Å². The van der Waals surface area contributed by atoms with Crippen LogP contribution in [0.25, 0.3) is 44.3 Å². The van der Waals surface area contributed by atoms with E-state index < -0.39 is 0 Å². The summed E-state index contributed by atoms with van der Waals surface area (Å²) in [6, 6.07) is 47.6. The quantitative estimate of drug-likeness (QED) is 0.0266. The Labute approximate surface area is 643 Å². The SMILES string of the molecule is CCOC(=O)c1ccc(-c2cc(OC)c(Nc3ncc(Cl)c(Nc4cc(C)[nH]n4)n3)cc2C)cc1.CNC(=O)c1ccc(-c2cc(OC)c(Nc3ncc(Cl)c(Nc4cc(C5CC5)[nH]n4)n3)cc2C)cc1.CNC(=O)c1ccc(-c2cc(OC)c(Nc3ncc(Cl)c(Nc4cnc5ccccc5c4)n3)cc2C)cc1. The maximum Gasteiger partial charge on any atom is 0.338 e. The summed E-state index contributed by atoms with van der Waals surface area (Å²) >= 11 is 19.0. The van der Waals surface area contributed by atoms with E-state index in [-0.39, 0.29) is 17.8 Å². The number of aromatic nitrogens is 11. The number of esters is 1. The van der Waals surface area contributed by atoms with E-state index in [2.05, 4.69) is 97.8 Å². The topological polar surface area (TPSA) is 332 Å². The fourth-order valence-electron chi connectivity index (χ4n) is 11.6. The van der Waals surface area contributed by atoms with E-state index in [1.807, 2.05) is 143 Å². The molecular formula is C80H76Cl3N19O7. The molecule has 13 aromatic rings. The predicted molar refractivity (Wildman–Crippen MR) is 429 cm³/mol. The Morgan fingerprint density at radius 3 is 1.28 bits per heavy atom. The molecule has 7 aromatic carbocycles. The molecule has 0 atom stereocenters. The molecule has 2 amide bonds. The second-order valence-corrected chi connectivity index (χ2v) is 26.2. The van der Waals surface area contributed by atoms with Crippen molar-refractivity contribution < 1.29 is 33.3 Å². The molecule has 109 heavy (non-hydrogen) atoms. The molecule has 14 rings (SSSR count). The van der Waals surface area contributed by atoms with Crippen LogP contribution < -0.4 is 56.7 Å². The maximum atomic E-state index is 11.9. The van der Waals surface area contributed by atoms with E-state index in [0.29, 0.717) is 126 Å². The Bertz CT molecular complexity index is 5470. The number of ether oxygens (including phenoxy) is 4. The highest BCUT2D eigenvalue weighted by Gasteiger charge is 2.26. The summed E-state index contributed by atoms with van der Waals surface area (Å²) < 4.78 is 22.0. The Morgan fingerprint density at radius 1 is 0.468 bits per heavy atom.